The van der Waals surface area contributed by atoms with Crippen molar-refractivity contribution in [2.75, 3.05) is 52.5 Å². The van der Waals surface area contributed by atoms with Crippen LogP contribution in [0.3, 0.4) is 0 Å². The Bertz CT molecular complexity index is 331. The quantitative estimate of drug-likeness (QED) is 0.457. The van der Waals surface area contributed by atoms with E-state index in [1.54, 1.807) is 0 Å². The van der Waals surface area contributed by atoms with E-state index in [-0.39, 0.29) is 36.8 Å². The summed E-state index contributed by atoms with van der Waals surface area (Å²) in [5.41, 5.74) is 0. The molecule has 1 fully saturated rings. The molecule has 0 amide bonds. The summed E-state index contributed by atoms with van der Waals surface area (Å²) in [6.45, 7) is 10.6. The SMILES string of the molecule is CCCCC(=O)OCCN1CCN(CCOC(=O)CCCC)CC1.Cl.Cl. The lowest BCUT2D eigenvalue weighted by Crippen LogP contribution is -2.48. The molecule has 0 N–H and O–H groups in total. The summed E-state index contributed by atoms with van der Waals surface area (Å²) < 4.78 is 10.5. The molecule has 1 rings (SSSR count). The molecule has 1 aliphatic heterocycles. The molecule has 0 atom stereocenters. The summed E-state index contributed by atoms with van der Waals surface area (Å²) in [5.74, 6) is -0.166. The first-order chi connectivity index (χ1) is 11.7. The maximum absolute atomic E-state index is 11.4. The minimum Gasteiger partial charge on any atom is -0.464 e. The van der Waals surface area contributed by atoms with E-state index in [2.05, 4.69) is 23.6 Å². The molecule has 0 aromatic carbocycles. The highest BCUT2D eigenvalue weighted by atomic mass is 35.5. The average Bonchev–Trinajstić information content (AvgIpc) is 2.59. The fraction of sp³-hybridized carbons (Fsp3) is 0.889. The molecule has 1 heterocycles. The molecule has 0 spiro atoms. The van der Waals surface area contributed by atoms with E-state index in [4.69, 9.17) is 9.47 Å². The number of halogens is 2. The third-order valence-electron chi connectivity index (χ3n) is 4.27. The Hall–Kier alpha value is -0.560. The third-order valence-corrected chi connectivity index (χ3v) is 4.27. The number of hydrogen-bond donors (Lipinski definition) is 0. The summed E-state index contributed by atoms with van der Waals surface area (Å²) in [6, 6.07) is 0. The number of esters is 2. The van der Waals surface area contributed by atoms with Crippen LogP contribution in [0.5, 0.6) is 0 Å². The van der Waals surface area contributed by atoms with E-state index in [0.717, 1.165) is 65.0 Å². The number of carbonyl (C=O) groups excluding carboxylic acids is 2. The van der Waals surface area contributed by atoms with Crippen LogP contribution >= 0.6 is 24.8 Å². The fourth-order valence-corrected chi connectivity index (χ4v) is 2.60. The molecule has 0 radical (unpaired) electrons. The van der Waals surface area contributed by atoms with Gasteiger partial charge in [0.05, 0.1) is 0 Å². The van der Waals surface area contributed by atoms with Crippen LogP contribution in [-0.4, -0.2) is 74.2 Å². The number of rotatable bonds is 12. The minimum absolute atomic E-state index is 0. The first-order valence-electron chi connectivity index (χ1n) is 9.41. The molecule has 8 heteroatoms. The predicted molar refractivity (Wildman–Crippen MR) is 108 cm³/mol. The molecule has 1 saturated heterocycles. The number of carbonyl (C=O) groups is 2. The molecule has 0 bridgehead atoms. The van der Waals surface area contributed by atoms with E-state index in [0.29, 0.717) is 26.1 Å². The number of ether oxygens (including phenoxy) is 2. The summed E-state index contributed by atoms with van der Waals surface area (Å²) in [5, 5.41) is 0. The molecule has 0 saturated carbocycles. The Morgan fingerprint density at radius 1 is 0.731 bits per heavy atom. The minimum atomic E-state index is -0.0830. The second kappa shape index (κ2) is 17.8. The summed E-state index contributed by atoms with van der Waals surface area (Å²) in [7, 11) is 0. The van der Waals surface area contributed by atoms with Gasteiger partial charge in [-0.3, -0.25) is 19.4 Å². The lowest BCUT2D eigenvalue weighted by Gasteiger charge is -2.34. The Labute approximate surface area is 170 Å². The second-order valence-corrected chi connectivity index (χ2v) is 6.33. The Kier molecular flexibility index (Phi) is 19.0. The van der Waals surface area contributed by atoms with Crippen LogP contribution in [-0.2, 0) is 19.1 Å². The Morgan fingerprint density at radius 3 is 1.38 bits per heavy atom. The lowest BCUT2D eigenvalue weighted by molar-refractivity contribution is -0.145. The fourth-order valence-electron chi connectivity index (χ4n) is 2.60. The van der Waals surface area contributed by atoms with Crippen molar-refractivity contribution >= 4 is 36.8 Å². The summed E-state index contributed by atoms with van der Waals surface area (Å²) in [6.07, 6.45) is 4.90. The van der Waals surface area contributed by atoms with Crippen LogP contribution in [0.2, 0.25) is 0 Å². The van der Waals surface area contributed by atoms with Crippen molar-refractivity contribution in [3.63, 3.8) is 0 Å². The third kappa shape index (κ3) is 13.6. The smallest absolute Gasteiger partial charge is 0.305 e. The first-order valence-corrected chi connectivity index (χ1v) is 9.41. The molecule has 6 nitrogen and oxygen atoms in total. The Balaban J connectivity index is 0. The molecule has 0 aromatic heterocycles. The van der Waals surface area contributed by atoms with Gasteiger partial charge in [-0.2, -0.15) is 0 Å². The van der Waals surface area contributed by atoms with Crippen LogP contribution in [0.15, 0.2) is 0 Å². The highest BCUT2D eigenvalue weighted by Crippen LogP contribution is 2.03. The average molecular weight is 415 g/mol. The molecular weight excluding hydrogens is 379 g/mol. The van der Waals surface area contributed by atoms with Gasteiger partial charge >= 0.3 is 11.9 Å². The van der Waals surface area contributed by atoms with E-state index < -0.39 is 0 Å². The van der Waals surface area contributed by atoms with E-state index in [1.807, 2.05) is 0 Å². The molecule has 0 aliphatic carbocycles. The second-order valence-electron chi connectivity index (χ2n) is 6.33. The van der Waals surface area contributed by atoms with Gasteiger partial charge in [0, 0.05) is 52.1 Å². The van der Waals surface area contributed by atoms with Crippen molar-refractivity contribution in [1.82, 2.24) is 9.80 Å². The van der Waals surface area contributed by atoms with E-state index >= 15 is 0 Å². The maximum atomic E-state index is 11.4. The number of piperazine rings is 1. The van der Waals surface area contributed by atoms with Crippen molar-refractivity contribution in [2.45, 2.75) is 52.4 Å². The van der Waals surface area contributed by atoms with Gasteiger partial charge in [0.25, 0.3) is 0 Å². The van der Waals surface area contributed by atoms with Crippen molar-refractivity contribution in [3.8, 4) is 0 Å². The van der Waals surface area contributed by atoms with Crippen LogP contribution in [0.4, 0.5) is 0 Å². The largest absolute Gasteiger partial charge is 0.464 e. The van der Waals surface area contributed by atoms with Gasteiger partial charge in [0.2, 0.25) is 0 Å². The number of hydrogen-bond acceptors (Lipinski definition) is 6. The van der Waals surface area contributed by atoms with Crippen LogP contribution < -0.4 is 0 Å². The molecule has 1 aliphatic rings. The van der Waals surface area contributed by atoms with Crippen molar-refractivity contribution in [1.29, 1.82) is 0 Å². The monoisotopic (exact) mass is 414 g/mol. The van der Waals surface area contributed by atoms with Gasteiger partial charge in [-0.25, -0.2) is 0 Å². The van der Waals surface area contributed by atoms with Crippen molar-refractivity contribution in [3.05, 3.63) is 0 Å². The molecule has 0 unspecified atom stereocenters. The highest BCUT2D eigenvalue weighted by Gasteiger charge is 2.17. The standard InChI is InChI=1S/C18H34N2O4.2ClH/c1-3-5-7-17(21)23-15-13-19-9-11-20(12-10-19)14-16-24-18(22)8-6-4-2;;/h3-16H2,1-2H3;2*1H. The first kappa shape index (κ1) is 27.7. The van der Waals surface area contributed by atoms with Gasteiger partial charge in [-0.05, 0) is 12.8 Å². The molecule has 0 aromatic rings. The van der Waals surface area contributed by atoms with Gasteiger partial charge in [-0.1, -0.05) is 26.7 Å². The maximum Gasteiger partial charge on any atom is 0.305 e. The van der Waals surface area contributed by atoms with Crippen molar-refractivity contribution in [2.24, 2.45) is 0 Å². The van der Waals surface area contributed by atoms with E-state index in [1.165, 1.54) is 0 Å². The van der Waals surface area contributed by atoms with Crippen LogP contribution in [0, 0.1) is 0 Å². The van der Waals surface area contributed by atoms with E-state index in [9.17, 15) is 9.59 Å². The number of unbranched alkanes of at least 4 members (excludes halogenated alkanes) is 2. The van der Waals surface area contributed by atoms with Crippen molar-refractivity contribution < 1.29 is 19.1 Å². The lowest BCUT2D eigenvalue weighted by atomic mass is 10.2. The molecular formula is C18H36Cl2N2O4. The highest BCUT2D eigenvalue weighted by molar-refractivity contribution is 5.85. The van der Waals surface area contributed by atoms with Gasteiger partial charge in [0.15, 0.2) is 0 Å². The predicted octanol–water partition coefficient (Wildman–Crippen LogP) is 2.91. The zero-order valence-electron chi connectivity index (χ0n) is 16.2. The Morgan fingerprint density at radius 2 is 1.08 bits per heavy atom. The van der Waals surface area contributed by atoms with Crippen LogP contribution in [0.1, 0.15) is 52.4 Å². The summed E-state index contributed by atoms with van der Waals surface area (Å²) in [4.78, 5) is 27.5. The zero-order chi connectivity index (χ0) is 17.6. The number of nitrogens with zero attached hydrogens (tertiary/aromatic N) is 2. The molecule has 26 heavy (non-hydrogen) atoms. The van der Waals surface area contributed by atoms with Gasteiger partial charge in [0.1, 0.15) is 13.2 Å². The zero-order valence-corrected chi connectivity index (χ0v) is 17.9. The van der Waals surface area contributed by atoms with Crippen LogP contribution in [0.25, 0.3) is 0 Å². The van der Waals surface area contributed by atoms with Gasteiger partial charge < -0.3 is 9.47 Å². The normalized spacial score (nSPS) is 14.8. The summed E-state index contributed by atoms with van der Waals surface area (Å²) >= 11 is 0. The topological polar surface area (TPSA) is 59.1 Å². The molecule has 156 valence electrons. The van der Waals surface area contributed by atoms with Gasteiger partial charge in [-0.15, -0.1) is 24.8 Å².